The Morgan fingerprint density at radius 2 is 1.73 bits per heavy atom. The summed E-state index contributed by atoms with van der Waals surface area (Å²) in [6.45, 7) is 3.01. The molecular formula is C25H28N2O6. The molecule has 8 nitrogen and oxygen atoms in total. The van der Waals surface area contributed by atoms with Crippen molar-refractivity contribution in [1.82, 2.24) is 4.90 Å². The van der Waals surface area contributed by atoms with Crippen LogP contribution in [0.15, 0.2) is 48.5 Å². The maximum absolute atomic E-state index is 13.5. The van der Waals surface area contributed by atoms with Gasteiger partial charge in [0.1, 0.15) is 5.75 Å². The summed E-state index contributed by atoms with van der Waals surface area (Å²) in [6.07, 6.45) is 1.14. The summed E-state index contributed by atoms with van der Waals surface area (Å²) in [4.78, 5) is 30.2. The number of carbonyl (C=O) groups excluding carboxylic acids is 2. The number of nitrogens with zero attached hydrogens (tertiary/aromatic N) is 2. The summed E-state index contributed by atoms with van der Waals surface area (Å²) in [5.41, 5.74) is -0.373. The van der Waals surface area contributed by atoms with Crippen LogP contribution in [0.3, 0.4) is 0 Å². The predicted molar refractivity (Wildman–Crippen MR) is 120 cm³/mol. The number of hydrogen-bond acceptors (Lipinski definition) is 7. The molecule has 0 aromatic heterocycles. The third-order valence-corrected chi connectivity index (χ3v) is 6.84. The summed E-state index contributed by atoms with van der Waals surface area (Å²) in [6, 6.07) is 13.8. The number of anilines is 1. The SMILES string of the molecule is COc1ccc(C(=O)C[C@]2(O)C(=O)N(CN3CCC4(CC3)OCCO4)c3ccccc32)cc1. The van der Waals surface area contributed by atoms with E-state index in [-0.39, 0.29) is 12.2 Å². The van der Waals surface area contributed by atoms with Gasteiger partial charge in [-0.15, -0.1) is 0 Å². The lowest BCUT2D eigenvalue weighted by atomic mass is 9.88. The molecule has 3 heterocycles. The number of ketones is 1. The number of piperidine rings is 1. The van der Waals surface area contributed by atoms with E-state index in [1.807, 2.05) is 12.1 Å². The Morgan fingerprint density at radius 3 is 2.39 bits per heavy atom. The van der Waals surface area contributed by atoms with Gasteiger partial charge in [-0.1, -0.05) is 18.2 Å². The molecule has 1 atom stereocenters. The van der Waals surface area contributed by atoms with Gasteiger partial charge in [0.05, 0.1) is 39.1 Å². The molecule has 1 amide bonds. The molecule has 5 rings (SSSR count). The summed E-state index contributed by atoms with van der Waals surface area (Å²) in [7, 11) is 1.55. The minimum atomic E-state index is -1.90. The predicted octanol–water partition coefficient (Wildman–Crippen LogP) is 2.30. The second-order valence-electron chi connectivity index (χ2n) is 8.81. The number of aliphatic hydroxyl groups is 1. The van der Waals surface area contributed by atoms with Crippen LogP contribution in [0.5, 0.6) is 5.75 Å². The number of ether oxygens (including phenoxy) is 3. The molecule has 1 spiro atoms. The maximum atomic E-state index is 13.5. The fourth-order valence-electron chi connectivity index (χ4n) is 4.95. The molecule has 0 bridgehead atoms. The first-order valence-electron chi connectivity index (χ1n) is 11.3. The minimum Gasteiger partial charge on any atom is -0.497 e. The number of methoxy groups -OCH3 is 1. The zero-order chi connectivity index (χ0) is 23.1. The molecule has 2 saturated heterocycles. The van der Waals surface area contributed by atoms with Gasteiger partial charge in [-0.3, -0.25) is 19.4 Å². The Kier molecular flexibility index (Phi) is 5.70. The van der Waals surface area contributed by atoms with Gasteiger partial charge in [-0.2, -0.15) is 0 Å². The Hall–Kier alpha value is -2.78. The number of likely N-dealkylation sites (tertiary alicyclic amines) is 1. The largest absolute Gasteiger partial charge is 0.497 e. The van der Waals surface area contributed by atoms with Crippen molar-refractivity contribution in [1.29, 1.82) is 0 Å². The first kappa shape index (κ1) is 22.0. The molecule has 0 radical (unpaired) electrons. The highest BCUT2D eigenvalue weighted by molar-refractivity contribution is 6.10. The Balaban J connectivity index is 1.34. The van der Waals surface area contributed by atoms with Crippen LogP contribution < -0.4 is 9.64 Å². The minimum absolute atomic E-state index is 0.305. The van der Waals surface area contributed by atoms with E-state index >= 15 is 0 Å². The molecule has 2 aromatic carbocycles. The van der Waals surface area contributed by atoms with E-state index < -0.39 is 17.3 Å². The van der Waals surface area contributed by atoms with Crippen molar-refractivity contribution in [2.24, 2.45) is 0 Å². The Labute approximate surface area is 192 Å². The fraction of sp³-hybridized carbons (Fsp3) is 0.440. The second kappa shape index (κ2) is 8.53. The first-order valence-corrected chi connectivity index (χ1v) is 11.3. The van der Waals surface area contributed by atoms with Gasteiger partial charge in [-0.05, 0) is 30.3 Å². The van der Waals surface area contributed by atoms with Crippen LogP contribution in [-0.4, -0.2) is 67.6 Å². The van der Waals surface area contributed by atoms with Crippen molar-refractivity contribution >= 4 is 17.4 Å². The number of carbonyl (C=O) groups is 2. The van der Waals surface area contributed by atoms with Crippen LogP contribution in [0.2, 0.25) is 0 Å². The van der Waals surface area contributed by atoms with Gasteiger partial charge in [0.2, 0.25) is 0 Å². The average molecular weight is 453 g/mol. The number of fused-ring (bicyclic) bond motifs is 1. The van der Waals surface area contributed by atoms with Crippen molar-refractivity contribution in [2.45, 2.75) is 30.7 Å². The lowest BCUT2D eigenvalue weighted by Crippen LogP contribution is -2.51. The fourth-order valence-corrected chi connectivity index (χ4v) is 4.95. The van der Waals surface area contributed by atoms with Crippen molar-refractivity contribution in [2.75, 3.05) is 45.0 Å². The van der Waals surface area contributed by atoms with Gasteiger partial charge in [0.15, 0.2) is 17.2 Å². The van der Waals surface area contributed by atoms with Gasteiger partial charge < -0.3 is 19.3 Å². The molecule has 0 saturated carbocycles. The van der Waals surface area contributed by atoms with Crippen LogP contribution in [-0.2, 0) is 19.9 Å². The van der Waals surface area contributed by atoms with Crippen LogP contribution in [0.4, 0.5) is 5.69 Å². The third-order valence-electron chi connectivity index (χ3n) is 6.84. The number of Topliss-reactive ketones (excluding diaryl/α,β-unsaturated/α-hetero) is 1. The molecule has 0 unspecified atom stereocenters. The molecule has 3 aliphatic rings. The molecule has 174 valence electrons. The van der Waals surface area contributed by atoms with Crippen LogP contribution in [0.1, 0.15) is 35.2 Å². The number of para-hydroxylation sites is 1. The average Bonchev–Trinajstić information content (AvgIpc) is 3.38. The lowest BCUT2D eigenvalue weighted by Gasteiger charge is -2.39. The first-order chi connectivity index (χ1) is 15.9. The highest BCUT2D eigenvalue weighted by atomic mass is 16.7. The second-order valence-corrected chi connectivity index (χ2v) is 8.81. The number of benzene rings is 2. The van der Waals surface area contributed by atoms with Crippen molar-refractivity contribution < 1.29 is 28.9 Å². The quantitative estimate of drug-likeness (QED) is 0.673. The number of hydrogen-bond donors (Lipinski definition) is 1. The highest BCUT2D eigenvalue weighted by Crippen LogP contribution is 2.43. The molecule has 33 heavy (non-hydrogen) atoms. The molecule has 3 aliphatic heterocycles. The van der Waals surface area contributed by atoms with Crippen LogP contribution in [0, 0.1) is 0 Å². The maximum Gasteiger partial charge on any atom is 0.265 e. The van der Waals surface area contributed by atoms with E-state index in [2.05, 4.69) is 4.90 Å². The van der Waals surface area contributed by atoms with Crippen LogP contribution in [0.25, 0.3) is 0 Å². The number of amides is 1. The van der Waals surface area contributed by atoms with Crippen molar-refractivity contribution in [3.8, 4) is 5.75 Å². The Morgan fingerprint density at radius 1 is 1.06 bits per heavy atom. The van der Waals surface area contributed by atoms with Crippen LogP contribution >= 0.6 is 0 Å². The van der Waals surface area contributed by atoms with Gasteiger partial charge in [0, 0.05) is 37.1 Å². The molecule has 0 aliphatic carbocycles. The zero-order valence-electron chi connectivity index (χ0n) is 18.7. The summed E-state index contributed by atoms with van der Waals surface area (Å²) in [5, 5.41) is 11.5. The lowest BCUT2D eigenvalue weighted by molar-refractivity contribution is -0.185. The van der Waals surface area contributed by atoms with E-state index in [0.29, 0.717) is 42.4 Å². The molecule has 2 aromatic rings. The van der Waals surface area contributed by atoms with Gasteiger partial charge in [0.25, 0.3) is 5.91 Å². The van der Waals surface area contributed by atoms with Crippen molar-refractivity contribution in [3.63, 3.8) is 0 Å². The van der Waals surface area contributed by atoms with E-state index in [1.54, 1.807) is 48.4 Å². The summed E-state index contributed by atoms with van der Waals surface area (Å²) >= 11 is 0. The smallest absolute Gasteiger partial charge is 0.265 e. The summed E-state index contributed by atoms with van der Waals surface area (Å²) in [5.74, 6) is -0.634. The topological polar surface area (TPSA) is 88.5 Å². The highest BCUT2D eigenvalue weighted by Gasteiger charge is 2.51. The normalized spacial score (nSPS) is 24.3. The van der Waals surface area contributed by atoms with E-state index in [4.69, 9.17) is 14.2 Å². The van der Waals surface area contributed by atoms with E-state index in [1.165, 1.54) is 0 Å². The molecule has 2 fully saturated rings. The van der Waals surface area contributed by atoms with Gasteiger partial charge in [-0.25, -0.2) is 0 Å². The molecule has 8 heteroatoms. The standard InChI is InChI=1S/C25H28N2O6/c1-31-19-8-6-18(7-9-19)22(28)16-25(30)20-4-2-3-5-21(20)27(23(25)29)17-26-12-10-24(11-13-26)32-14-15-33-24/h2-9,30H,10-17H2,1H3/t25-/m1/s1. The Bertz CT molecular complexity index is 1040. The number of rotatable bonds is 6. The third kappa shape index (κ3) is 3.93. The molecule has 1 N–H and O–H groups in total. The van der Waals surface area contributed by atoms with E-state index in [0.717, 1.165) is 25.9 Å². The van der Waals surface area contributed by atoms with Crippen molar-refractivity contribution in [3.05, 3.63) is 59.7 Å². The zero-order valence-corrected chi connectivity index (χ0v) is 18.7. The monoisotopic (exact) mass is 452 g/mol. The molecular weight excluding hydrogens is 424 g/mol. The van der Waals surface area contributed by atoms with Gasteiger partial charge >= 0.3 is 0 Å². The summed E-state index contributed by atoms with van der Waals surface area (Å²) < 4.78 is 16.7. The van der Waals surface area contributed by atoms with E-state index in [9.17, 15) is 14.7 Å².